The molecule has 24 heavy (non-hydrogen) atoms. The lowest BCUT2D eigenvalue weighted by atomic mass is 9.97. The third-order valence-electron chi connectivity index (χ3n) is 4.12. The fourth-order valence-corrected chi connectivity index (χ4v) is 3.74. The van der Waals surface area contributed by atoms with Crippen LogP contribution in [-0.4, -0.2) is 52.4 Å². The van der Waals surface area contributed by atoms with Crippen molar-refractivity contribution in [1.82, 2.24) is 15.2 Å². The number of nitrogens with one attached hydrogen (secondary N) is 1. The molecule has 0 aromatic carbocycles. The van der Waals surface area contributed by atoms with Gasteiger partial charge >= 0.3 is 5.97 Å². The maximum atomic E-state index is 12.3. The summed E-state index contributed by atoms with van der Waals surface area (Å²) in [4.78, 5) is 41.3. The minimum absolute atomic E-state index is 0.0460. The molecular weight excluding hydrogens is 330 g/mol. The molecule has 2 N–H and O–H groups in total. The highest BCUT2D eigenvalue weighted by Crippen LogP contribution is 2.19. The number of aryl methyl sites for hydroxylation is 1. The molecule has 1 atom stereocenters. The van der Waals surface area contributed by atoms with E-state index >= 15 is 0 Å². The van der Waals surface area contributed by atoms with Gasteiger partial charge in [-0.1, -0.05) is 6.92 Å². The molecule has 2 rings (SSSR count). The van der Waals surface area contributed by atoms with Crippen LogP contribution >= 0.6 is 11.3 Å². The molecule has 1 aliphatic rings. The van der Waals surface area contributed by atoms with Crippen LogP contribution in [0.1, 0.15) is 46.6 Å². The van der Waals surface area contributed by atoms with Crippen LogP contribution in [0.5, 0.6) is 0 Å². The highest BCUT2D eigenvalue weighted by Gasteiger charge is 2.27. The maximum absolute atomic E-state index is 12.3. The molecule has 7 nitrogen and oxygen atoms in total. The summed E-state index contributed by atoms with van der Waals surface area (Å²) in [6.45, 7) is 5.13. The summed E-state index contributed by atoms with van der Waals surface area (Å²) < 4.78 is 0. The Labute approximate surface area is 145 Å². The van der Waals surface area contributed by atoms with E-state index in [-0.39, 0.29) is 22.6 Å². The number of likely N-dealkylation sites (tertiary alicyclic amines) is 1. The number of aromatic nitrogens is 1. The Balaban J connectivity index is 1.81. The lowest BCUT2D eigenvalue weighted by Crippen LogP contribution is -2.45. The minimum Gasteiger partial charge on any atom is -0.477 e. The number of aromatic carboxylic acids is 1. The fourth-order valence-electron chi connectivity index (χ4n) is 2.84. The minimum atomic E-state index is -0.969. The third kappa shape index (κ3) is 4.53. The van der Waals surface area contributed by atoms with Gasteiger partial charge in [0.2, 0.25) is 11.8 Å². The Morgan fingerprint density at radius 1 is 1.42 bits per heavy atom. The van der Waals surface area contributed by atoms with E-state index < -0.39 is 5.97 Å². The number of carbonyl (C=O) groups excluding carboxylic acids is 2. The monoisotopic (exact) mass is 353 g/mol. The Hall–Kier alpha value is -1.96. The summed E-state index contributed by atoms with van der Waals surface area (Å²) in [5.74, 6) is -1.09. The molecule has 0 unspecified atom stereocenters. The number of hydrogen-bond acceptors (Lipinski definition) is 5. The number of hydrogen-bond donors (Lipinski definition) is 2. The first-order valence-electron chi connectivity index (χ1n) is 8.17. The van der Waals surface area contributed by atoms with E-state index in [2.05, 4.69) is 10.3 Å². The lowest BCUT2D eigenvalue weighted by molar-refractivity contribution is -0.135. The highest BCUT2D eigenvalue weighted by atomic mass is 32.1. The largest absolute Gasteiger partial charge is 0.477 e. The highest BCUT2D eigenvalue weighted by molar-refractivity contribution is 7.13. The van der Waals surface area contributed by atoms with Crippen LogP contribution in [0.4, 0.5) is 0 Å². The van der Waals surface area contributed by atoms with Crippen molar-refractivity contribution in [3.8, 4) is 0 Å². The number of amides is 2. The quantitative estimate of drug-likeness (QED) is 0.806. The van der Waals surface area contributed by atoms with Crippen LogP contribution in [0.15, 0.2) is 0 Å². The number of carboxylic acids is 1. The van der Waals surface area contributed by atoms with Crippen molar-refractivity contribution in [2.45, 2.75) is 39.5 Å². The molecule has 1 aliphatic heterocycles. The van der Waals surface area contributed by atoms with E-state index in [0.29, 0.717) is 36.6 Å². The Kier molecular flexibility index (Phi) is 6.30. The average Bonchev–Trinajstić information content (AvgIpc) is 2.95. The number of rotatable bonds is 6. The molecular formula is C16H23N3O4S. The fraction of sp³-hybridized carbons (Fsp3) is 0.625. The van der Waals surface area contributed by atoms with Gasteiger partial charge in [-0.15, -0.1) is 11.3 Å². The number of nitrogens with zero attached hydrogens (tertiary/aromatic N) is 2. The topological polar surface area (TPSA) is 99.6 Å². The predicted molar refractivity (Wildman–Crippen MR) is 90.1 cm³/mol. The van der Waals surface area contributed by atoms with E-state index in [1.54, 1.807) is 11.8 Å². The lowest BCUT2D eigenvalue weighted by Gasteiger charge is -2.31. The van der Waals surface area contributed by atoms with E-state index in [4.69, 9.17) is 5.11 Å². The first kappa shape index (κ1) is 18.4. The molecule has 1 aromatic rings. The SMILES string of the molecule is CCC(=O)N1CCC[C@@H](C(=O)NCCc2nc(C)c(C(=O)O)s2)C1. The molecule has 0 saturated carbocycles. The van der Waals surface area contributed by atoms with Crippen LogP contribution in [0.2, 0.25) is 0 Å². The normalized spacial score (nSPS) is 17.6. The second kappa shape index (κ2) is 8.23. The second-order valence-electron chi connectivity index (χ2n) is 5.90. The third-order valence-corrected chi connectivity index (χ3v) is 5.33. The van der Waals surface area contributed by atoms with Crippen molar-refractivity contribution in [2.75, 3.05) is 19.6 Å². The average molecular weight is 353 g/mol. The molecule has 132 valence electrons. The Morgan fingerprint density at radius 2 is 2.17 bits per heavy atom. The number of thiazole rings is 1. The van der Waals surface area contributed by atoms with Gasteiger partial charge in [0.25, 0.3) is 0 Å². The molecule has 1 fully saturated rings. The number of piperidine rings is 1. The maximum Gasteiger partial charge on any atom is 0.347 e. The van der Waals surface area contributed by atoms with Crippen molar-refractivity contribution in [2.24, 2.45) is 5.92 Å². The summed E-state index contributed by atoms with van der Waals surface area (Å²) in [5.41, 5.74) is 0.509. The first-order chi connectivity index (χ1) is 11.4. The van der Waals surface area contributed by atoms with Gasteiger partial charge in [0.05, 0.1) is 16.6 Å². The summed E-state index contributed by atoms with van der Waals surface area (Å²) >= 11 is 1.15. The van der Waals surface area contributed by atoms with Crippen LogP contribution in [0.3, 0.4) is 0 Å². The van der Waals surface area contributed by atoms with E-state index in [1.807, 2.05) is 6.92 Å². The van der Waals surface area contributed by atoms with Gasteiger partial charge < -0.3 is 15.3 Å². The molecule has 2 heterocycles. The van der Waals surface area contributed by atoms with Gasteiger partial charge in [-0.05, 0) is 19.8 Å². The summed E-state index contributed by atoms with van der Waals surface area (Å²) in [6, 6.07) is 0. The van der Waals surface area contributed by atoms with Gasteiger partial charge in [-0.3, -0.25) is 9.59 Å². The van der Waals surface area contributed by atoms with Gasteiger partial charge in [-0.25, -0.2) is 9.78 Å². The van der Waals surface area contributed by atoms with E-state index in [0.717, 1.165) is 30.7 Å². The van der Waals surface area contributed by atoms with Crippen molar-refractivity contribution < 1.29 is 19.5 Å². The summed E-state index contributed by atoms with van der Waals surface area (Å²) in [5, 5.41) is 12.6. The molecule has 1 saturated heterocycles. The molecule has 1 aromatic heterocycles. The number of carbonyl (C=O) groups is 3. The molecule has 0 bridgehead atoms. The van der Waals surface area contributed by atoms with Crippen molar-refractivity contribution in [1.29, 1.82) is 0 Å². The molecule has 8 heteroatoms. The Morgan fingerprint density at radius 3 is 2.79 bits per heavy atom. The molecule has 2 amide bonds. The summed E-state index contributed by atoms with van der Waals surface area (Å²) in [7, 11) is 0. The standard InChI is InChI=1S/C16H23N3O4S/c1-3-13(20)19-8-4-5-11(9-19)15(21)17-7-6-12-18-10(2)14(24-12)16(22)23/h11H,3-9H2,1-2H3,(H,17,21)(H,22,23)/t11-/m1/s1. The van der Waals surface area contributed by atoms with Crippen LogP contribution in [0.25, 0.3) is 0 Å². The van der Waals surface area contributed by atoms with Crippen molar-refractivity contribution in [3.63, 3.8) is 0 Å². The van der Waals surface area contributed by atoms with E-state index in [1.165, 1.54) is 0 Å². The van der Waals surface area contributed by atoms with Crippen molar-refractivity contribution >= 4 is 29.1 Å². The van der Waals surface area contributed by atoms with Crippen molar-refractivity contribution in [3.05, 3.63) is 15.6 Å². The van der Waals surface area contributed by atoms with Crippen LogP contribution in [-0.2, 0) is 16.0 Å². The first-order valence-corrected chi connectivity index (χ1v) is 8.99. The van der Waals surface area contributed by atoms with Gasteiger partial charge in [-0.2, -0.15) is 0 Å². The predicted octanol–water partition coefficient (Wildman–Crippen LogP) is 1.46. The van der Waals surface area contributed by atoms with Crippen LogP contribution in [0, 0.1) is 12.8 Å². The molecule has 0 spiro atoms. The Bertz CT molecular complexity index is 629. The zero-order chi connectivity index (χ0) is 17.7. The zero-order valence-electron chi connectivity index (χ0n) is 14.0. The van der Waals surface area contributed by atoms with Gasteiger partial charge in [0, 0.05) is 32.5 Å². The zero-order valence-corrected chi connectivity index (χ0v) is 14.8. The molecule has 0 aliphatic carbocycles. The van der Waals surface area contributed by atoms with Crippen LogP contribution < -0.4 is 5.32 Å². The second-order valence-corrected chi connectivity index (χ2v) is 6.98. The smallest absolute Gasteiger partial charge is 0.347 e. The summed E-state index contributed by atoms with van der Waals surface area (Å²) in [6.07, 6.45) is 2.61. The molecule has 0 radical (unpaired) electrons. The van der Waals surface area contributed by atoms with Gasteiger partial charge in [0.1, 0.15) is 4.88 Å². The van der Waals surface area contributed by atoms with E-state index in [9.17, 15) is 14.4 Å². The number of carboxylic acid groups (broad SMARTS) is 1. The van der Waals surface area contributed by atoms with Gasteiger partial charge in [0.15, 0.2) is 0 Å².